The van der Waals surface area contributed by atoms with E-state index in [2.05, 4.69) is 10.6 Å². The smallest absolute Gasteiger partial charge is 0.273 e. The van der Waals surface area contributed by atoms with Crippen LogP contribution in [0, 0.1) is 5.92 Å². The molecule has 2 fully saturated rings. The van der Waals surface area contributed by atoms with Gasteiger partial charge in [0.05, 0.1) is 0 Å². The molecule has 0 radical (unpaired) electrons. The highest BCUT2D eigenvalue weighted by Gasteiger charge is 2.28. The van der Waals surface area contributed by atoms with Gasteiger partial charge in [-0.1, -0.05) is 25.3 Å². The van der Waals surface area contributed by atoms with E-state index in [1.165, 1.54) is 6.42 Å². The number of urea groups is 1. The summed E-state index contributed by atoms with van der Waals surface area (Å²) in [5, 5.41) is 4.14. The van der Waals surface area contributed by atoms with Crippen LogP contribution in [-0.4, -0.2) is 17.8 Å². The summed E-state index contributed by atoms with van der Waals surface area (Å²) >= 11 is 0. The van der Waals surface area contributed by atoms with Crippen molar-refractivity contribution in [1.82, 2.24) is 10.6 Å². The van der Waals surface area contributed by atoms with Crippen LogP contribution in [0.5, 0.6) is 0 Å². The normalized spacial score (nSPS) is 22.8. The summed E-state index contributed by atoms with van der Waals surface area (Å²) in [6, 6.07) is -0.740. The van der Waals surface area contributed by atoms with Crippen molar-refractivity contribution >= 4 is 17.8 Å². The number of amides is 4. The minimum absolute atomic E-state index is 0.0755. The molecular formula is C11H14N2O3. The van der Waals surface area contributed by atoms with E-state index in [0.717, 1.165) is 25.7 Å². The van der Waals surface area contributed by atoms with Crippen LogP contribution in [0.15, 0.2) is 11.6 Å². The molecule has 5 nitrogen and oxygen atoms in total. The molecule has 0 aromatic heterocycles. The Labute approximate surface area is 93.3 Å². The fraction of sp³-hybridized carbons (Fsp3) is 0.545. The Balaban J connectivity index is 2.11. The van der Waals surface area contributed by atoms with Crippen LogP contribution in [0.2, 0.25) is 0 Å². The molecular weight excluding hydrogens is 208 g/mol. The van der Waals surface area contributed by atoms with Gasteiger partial charge in [-0.2, -0.15) is 0 Å². The lowest BCUT2D eigenvalue weighted by Crippen LogP contribution is -2.51. The Morgan fingerprint density at radius 3 is 2.06 bits per heavy atom. The van der Waals surface area contributed by atoms with Crippen LogP contribution in [0.1, 0.15) is 32.1 Å². The summed E-state index contributed by atoms with van der Waals surface area (Å²) < 4.78 is 0. The van der Waals surface area contributed by atoms with Crippen LogP contribution in [0.25, 0.3) is 0 Å². The number of barbiturate groups is 1. The van der Waals surface area contributed by atoms with Gasteiger partial charge in [0.25, 0.3) is 11.8 Å². The highest BCUT2D eigenvalue weighted by atomic mass is 16.2. The van der Waals surface area contributed by atoms with Gasteiger partial charge in [0.15, 0.2) is 0 Å². The number of hydrogen-bond donors (Lipinski definition) is 2. The van der Waals surface area contributed by atoms with Gasteiger partial charge in [-0.05, 0) is 18.8 Å². The lowest BCUT2D eigenvalue weighted by molar-refractivity contribution is -0.124. The second kappa shape index (κ2) is 4.47. The predicted octanol–water partition coefficient (Wildman–Crippen LogP) is 0.859. The standard InChI is InChI=1S/C11H14N2O3/c14-9-8(10(15)13-11(16)12-9)6-7-4-2-1-3-5-7/h6-7H,1-5H2,(H2,12,13,14,15,16). The largest absolute Gasteiger partial charge is 0.328 e. The van der Waals surface area contributed by atoms with Gasteiger partial charge in [-0.3, -0.25) is 20.2 Å². The molecule has 16 heavy (non-hydrogen) atoms. The van der Waals surface area contributed by atoms with Crippen LogP contribution < -0.4 is 10.6 Å². The Bertz CT molecular complexity index is 345. The van der Waals surface area contributed by atoms with Crippen LogP contribution >= 0.6 is 0 Å². The fourth-order valence-electron chi connectivity index (χ4n) is 2.16. The molecule has 0 spiro atoms. The van der Waals surface area contributed by atoms with Crippen LogP contribution in [0.4, 0.5) is 4.79 Å². The van der Waals surface area contributed by atoms with E-state index in [-0.39, 0.29) is 11.5 Å². The highest BCUT2D eigenvalue weighted by Crippen LogP contribution is 2.25. The monoisotopic (exact) mass is 222 g/mol. The first kappa shape index (κ1) is 10.9. The van der Waals surface area contributed by atoms with E-state index in [4.69, 9.17) is 0 Å². The Kier molecular flexibility index (Phi) is 3.03. The highest BCUT2D eigenvalue weighted by molar-refractivity contribution is 6.28. The van der Waals surface area contributed by atoms with Crippen molar-refractivity contribution < 1.29 is 14.4 Å². The minimum atomic E-state index is -0.740. The van der Waals surface area contributed by atoms with E-state index in [9.17, 15) is 14.4 Å². The summed E-state index contributed by atoms with van der Waals surface area (Å²) in [6.07, 6.45) is 7.22. The molecule has 2 N–H and O–H groups in total. The first-order valence-corrected chi connectivity index (χ1v) is 5.55. The third kappa shape index (κ3) is 2.29. The van der Waals surface area contributed by atoms with E-state index in [1.54, 1.807) is 6.08 Å². The Morgan fingerprint density at radius 1 is 0.938 bits per heavy atom. The molecule has 2 aliphatic rings. The van der Waals surface area contributed by atoms with Crippen molar-refractivity contribution in [2.45, 2.75) is 32.1 Å². The molecule has 1 aliphatic carbocycles. The van der Waals surface area contributed by atoms with Crippen molar-refractivity contribution in [3.8, 4) is 0 Å². The zero-order chi connectivity index (χ0) is 11.5. The molecule has 1 saturated heterocycles. The molecule has 4 amide bonds. The molecule has 0 unspecified atom stereocenters. The molecule has 86 valence electrons. The first-order valence-electron chi connectivity index (χ1n) is 5.55. The maximum atomic E-state index is 11.4. The zero-order valence-electron chi connectivity index (χ0n) is 8.91. The average Bonchev–Trinajstić information content (AvgIpc) is 2.25. The molecule has 0 bridgehead atoms. The topological polar surface area (TPSA) is 75.3 Å². The molecule has 0 atom stereocenters. The fourth-order valence-corrected chi connectivity index (χ4v) is 2.16. The Hall–Kier alpha value is -1.65. The van der Waals surface area contributed by atoms with Crippen LogP contribution in [-0.2, 0) is 9.59 Å². The summed E-state index contributed by atoms with van der Waals surface area (Å²) in [6.45, 7) is 0. The molecule has 1 aliphatic heterocycles. The van der Waals surface area contributed by atoms with Crippen molar-refractivity contribution in [2.75, 3.05) is 0 Å². The molecule has 0 aromatic carbocycles. The number of allylic oxidation sites excluding steroid dienone is 1. The number of rotatable bonds is 1. The van der Waals surface area contributed by atoms with Crippen molar-refractivity contribution in [3.05, 3.63) is 11.6 Å². The number of hydrogen-bond acceptors (Lipinski definition) is 3. The van der Waals surface area contributed by atoms with E-state index >= 15 is 0 Å². The summed E-state index contributed by atoms with van der Waals surface area (Å²) in [5.74, 6) is -0.882. The van der Waals surface area contributed by atoms with Gasteiger partial charge in [0, 0.05) is 0 Å². The SMILES string of the molecule is O=C1NC(=O)C(=CC2CCCCC2)C(=O)N1. The van der Waals surface area contributed by atoms with Crippen molar-refractivity contribution in [3.63, 3.8) is 0 Å². The van der Waals surface area contributed by atoms with Crippen molar-refractivity contribution in [1.29, 1.82) is 0 Å². The van der Waals surface area contributed by atoms with E-state index < -0.39 is 17.8 Å². The summed E-state index contributed by atoms with van der Waals surface area (Å²) in [5.41, 5.74) is 0.0755. The van der Waals surface area contributed by atoms with Gasteiger partial charge in [0.2, 0.25) is 0 Å². The van der Waals surface area contributed by atoms with Gasteiger partial charge >= 0.3 is 6.03 Å². The van der Waals surface area contributed by atoms with E-state index in [1.807, 2.05) is 0 Å². The number of carbonyl (C=O) groups excluding carboxylic acids is 3. The van der Waals surface area contributed by atoms with Crippen molar-refractivity contribution in [2.24, 2.45) is 5.92 Å². The average molecular weight is 222 g/mol. The number of imide groups is 2. The van der Waals surface area contributed by atoms with Gasteiger partial charge in [-0.25, -0.2) is 4.79 Å². The second-order valence-electron chi connectivity index (χ2n) is 4.22. The Morgan fingerprint density at radius 2 is 1.50 bits per heavy atom. The second-order valence-corrected chi connectivity index (χ2v) is 4.22. The molecule has 1 saturated carbocycles. The maximum Gasteiger partial charge on any atom is 0.328 e. The van der Waals surface area contributed by atoms with Gasteiger partial charge in [-0.15, -0.1) is 0 Å². The third-order valence-electron chi connectivity index (χ3n) is 3.00. The molecule has 1 heterocycles. The maximum absolute atomic E-state index is 11.4. The summed E-state index contributed by atoms with van der Waals surface area (Å²) in [4.78, 5) is 33.7. The first-order chi connectivity index (χ1) is 7.66. The summed E-state index contributed by atoms with van der Waals surface area (Å²) in [7, 11) is 0. The van der Waals surface area contributed by atoms with Gasteiger partial charge < -0.3 is 0 Å². The third-order valence-corrected chi connectivity index (χ3v) is 3.00. The lowest BCUT2D eigenvalue weighted by Gasteiger charge is -2.20. The molecule has 0 aromatic rings. The number of carbonyl (C=O) groups is 3. The van der Waals surface area contributed by atoms with E-state index in [0.29, 0.717) is 0 Å². The lowest BCUT2D eigenvalue weighted by atomic mass is 9.87. The van der Waals surface area contributed by atoms with Gasteiger partial charge in [0.1, 0.15) is 5.57 Å². The quantitative estimate of drug-likeness (QED) is 0.510. The van der Waals surface area contributed by atoms with Crippen LogP contribution in [0.3, 0.4) is 0 Å². The predicted molar refractivity (Wildman–Crippen MR) is 56.3 cm³/mol. The molecule has 5 heteroatoms. The minimum Gasteiger partial charge on any atom is -0.273 e. The molecule has 2 rings (SSSR count). The zero-order valence-corrected chi connectivity index (χ0v) is 8.91. The number of nitrogens with one attached hydrogen (secondary N) is 2.